The first-order chi connectivity index (χ1) is 7.19. The third-order valence-electron chi connectivity index (χ3n) is 1.65. The van der Waals surface area contributed by atoms with Crippen molar-refractivity contribution in [1.29, 1.82) is 0 Å². The van der Waals surface area contributed by atoms with Crippen LogP contribution in [0.3, 0.4) is 0 Å². The van der Waals surface area contributed by atoms with Crippen LogP contribution in [0.2, 0.25) is 0 Å². The number of aldehydes is 1. The van der Waals surface area contributed by atoms with Gasteiger partial charge in [0, 0.05) is 11.6 Å². The summed E-state index contributed by atoms with van der Waals surface area (Å²) in [5.41, 5.74) is 0.429. The zero-order valence-corrected chi connectivity index (χ0v) is 9.15. The van der Waals surface area contributed by atoms with E-state index in [0.29, 0.717) is 17.2 Å². The fourth-order valence-corrected chi connectivity index (χ4v) is 1.17. The summed E-state index contributed by atoms with van der Waals surface area (Å²) in [5.74, 6) is 5.50. The number of nitro groups is 1. The summed E-state index contributed by atoms with van der Waals surface area (Å²) in [6.45, 7) is 0. The molecule has 0 aromatic heterocycles. The van der Waals surface area contributed by atoms with Gasteiger partial charge < -0.3 is 0 Å². The van der Waals surface area contributed by atoms with Gasteiger partial charge in [-0.05, 0) is 12.1 Å². The quantitative estimate of drug-likeness (QED) is 0.271. The summed E-state index contributed by atoms with van der Waals surface area (Å²) in [4.78, 5) is 20.5. The van der Waals surface area contributed by atoms with E-state index >= 15 is 0 Å². The Morgan fingerprint density at radius 1 is 1.53 bits per heavy atom. The number of halogens is 1. The number of rotatable bonds is 2. The Balaban J connectivity index is 3.19. The first-order valence-corrected chi connectivity index (χ1v) is 5.09. The normalized spacial score (nSPS) is 8.87. The van der Waals surface area contributed by atoms with Crippen LogP contribution < -0.4 is 0 Å². The van der Waals surface area contributed by atoms with E-state index in [2.05, 4.69) is 27.8 Å². The first kappa shape index (κ1) is 11.4. The molecule has 0 aliphatic carbocycles. The van der Waals surface area contributed by atoms with Gasteiger partial charge in [-0.15, -0.1) is 0 Å². The van der Waals surface area contributed by atoms with Crippen molar-refractivity contribution in [2.24, 2.45) is 0 Å². The highest BCUT2D eigenvalue weighted by atomic mass is 79.9. The van der Waals surface area contributed by atoms with Gasteiger partial charge in [0.05, 0.1) is 15.8 Å². The van der Waals surface area contributed by atoms with Crippen LogP contribution in [-0.4, -0.2) is 16.5 Å². The molecule has 0 N–H and O–H groups in total. The van der Waals surface area contributed by atoms with E-state index in [-0.39, 0.29) is 11.3 Å². The lowest BCUT2D eigenvalue weighted by molar-refractivity contribution is -0.385. The summed E-state index contributed by atoms with van der Waals surface area (Å²) < 4.78 is 0. The van der Waals surface area contributed by atoms with Crippen molar-refractivity contribution >= 4 is 27.9 Å². The second-order valence-corrected chi connectivity index (χ2v) is 3.14. The van der Waals surface area contributed by atoms with Crippen molar-refractivity contribution in [3.05, 3.63) is 39.4 Å². The molecular weight excluding hydrogens is 262 g/mol. The highest BCUT2D eigenvalue weighted by Crippen LogP contribution is 2.17. The van der Waals surface area contributed by atoms with Gasteiger partial charge in [-0.2, -0.15) is 0 Å². The first-order valence-electron chi connectivity index (χ1n) is 3.97. The van der Waals surface area contributed by atoms with Crippen molar-refractivity contribution in [2.75, 3.05) is 5.33 Å². The lowest BCUT2D eigenvalue weighted by Gasteiger charge is -1.95. The summed E-state index contributed by atoms with van der Waals surface area (Å²) in [6.07, 6.45) is 0.456. The molecule has 0 saturated carbocycles. The van der Waals surface area contributed by atoms with Crippen LogP contribution in [0.5, 0.6) is 0 Å². The summed E-state index contributed by atoms with van der Waals surface area (Å²) in [6, 6.07) is 4.20. The molecule has 0 fully saturated rings. The summed E-state index contributed by atoms with van der Waals surface area (Å²) in [7, 11) is 0. The van der Waals surface area contributed by atoms with Gasteiger partial charge in [-0.3, -0.25) is 14.9 Å². The van der Waals surface area contributed by atoms with E-state index in [0.717, 1.165) is 0 Å². The Labute approximate surface area is 94.6 Å². The predicted octanol–water partition coefficient (Wildman–Crippen LogP) is 2.15. The molecule has 0 aliphatic heterocycles. The number of carbonyl (C=O) groups excluding carboxylic acids is 1. The number of benzene rings is 1. The van der Waals surface area contributed by atoms with Crippen molar-refractivity contribution in [1.82, 2.24) is 0 Å². The second-order valence-electron chi connectivity index (χ2n) is 2.58. The highest BCUT2D eigenvalue weighted by Gasteiger charge is 2.12. The molecule has 5 heteroatoms. The fourth-order valence-electron chi connectivity index (χ4n) is 1.03. The fraction of sp³-hybridized carbons (Fsp3) is 0.100. The van der Waals surface area contributed by atoms with Crippen molar-refractivity contribution in [3.8, 4) is 11.8 Å². The van der Waals surface area contributed by atoms with E-state index < -0.39 is 4.92 Å². The summed E-state index contributed by atoms with van der Waals surface area (Å²) >= 11 is 3.13. The molecule has 0 atom stereocenters. The van der Waals surface area contributed by atoms with Crippen LogP contribution in [0.1, 0.15) is 15.9 Å². The molecule has 4 nitrogen and oxygen atoms in total. The molecule has 0 heterocycles. The zero-order chi connectivity index (χ0) is 11.3. The van der Waals surface area contributed by atoms with Crippen molar-refractivity contribution < 1.29 is 9.72 Å². The lowest BCUT2D eigenvalue weighted by atomic mass is 10.1. The van der Waals surface area contributed by atoms with Gasteiger partial charge in [0.2, 0.25) is 0 Å². The van der Waals surface area contributed by atoms with Gasteiger partial charge in [0.1, 0.15) is 0 Å². The minimum atomic E-state index is -0.592. The Kier molecular flexibility index (Phi) is 4.01. The zero-order valence-electron chi connectivity index (χ0n) is 7.57. The van der Waals surface area contributed by atoms with Crippen LogP contribution >= 0.6 is 15.9 Å². The maximum atomic E-state index is 10.6. The second kappa shape index (κ2) is 5.27. The van der Waals surface area contributed by atoms with E-state index in [4.69, 9.17) is 0 Å². The number of alkyl halides is 1. The average Bonchev–Trinajstić information content (AvgIpc) is 2.25. The Morgan fingerprint density at radius 2 is 2.27 bits per heavy atom. The molecule has 0 spiro atoms. The third-order valence-corrected chi connectivity index (χ3v) is 1.93. The molecule has 76 valence electrons. The molecular formula is C10H6BrNO3. The maximum Gasteiger partial charge on any atom is 0.279 e. The maximum absolute atomic E-state index is 10.6. The van der Waals surface area contributed by atoms with Gasteiger partial charge in [0.25, 0.3) is 5.69 Å². The highest BCUT2D eigenvalue weighted by molar-refractivity contribution is 9.09. The Hall–Kier alpha value is -1.67. The van der Waals surface area contributed by atoms with Gasteiger partial charge in [0.15, 0.2) is 6.29 Å². The molecule has 1 aromatic rings. The smallest absolute Gasteiger partial charge is 0.279 e. The van der Waals surface area contributed by atoms with Crippen LogP contribution in [0.4, 0.5) is 5.69 Å². The molecule has 1 aromatic carbocycles. The SMILES string of the molecule is O=Cc1cc(C#CCBr)ccc1[N+](=O)[O-]. The minimum Gasteiger partial charge on any atom is -0.298 e. The monoisotopic (exact) mass is 267 g/mol. The molecule has 1 rings (SSSR count). The van der Waals surface area contributed by atoms with Crippen LogP contribution in [0, 0.1) is 22.0 Å². The standard InChI is InChI=1S/C10H6BrNO3/c11-5-1-2-8-3-4-10(12(14)15)9(6-8)7-13/h3-4,6-7H,5H2. The Morgan fingerprint density at radius 3 is 2.80 bits per heavy atom. The topological polar surface area (TPSA) is 60.2 Å². The largest absolute Gasteiger partial charge is 0.298 e. The Bertz CT molecular complexity index is 459. The van der Waals surface area contributed by atoms with Gasteiger partial charge in [-0.25, -0.2) is 0 Å². The number of nitrogens with zero attached hydrogens (tertiary/aromatic N) is 1. The third kappa shape index (κ3) is 2.89. The van der Waals surface area contributed by atoms with Crippen LogP contribution in [0.15, 0.2) is 18.2 Å². The van der Waals surface area contributed by atoms with E-state index in [1.165, 1.54) is 18.2 Å². The van der Waals surface area contributed by atoms with Crippen molar-refractivity contribution in [3.63, 3.8) is 0 Å². The predicted molar refractivity (Wildman–Crippen MR) is 59.2 cm³/mol. The van der Waals surface area contributed by atoms with Crippen molar-refractivity contribution in [2.45, 2.75) is 0 Å². The average molecular weight is 268 g/mol. The van der Waals surface area contributed by atoms with Gasteiger partial charge in [-0.1, -0.05) is 27.8 Å². The molecule has 0 saturated heterocycles. The molecule has 0 bridgehead atoms. The van der Waals surface area contributed by atoms with E-state index in [1.807, 2.05) is 0 Å². The molecule has 0 radical (unpaired) electrons. The van der Waals surface area contributed by atoms with E-state index in [1.54, 1.807) is 0 Å². The minimum absolute atomic E-state index is 0.0429. The van der Waals surface area contributed by atoms with Crippen LogP contribution in [0.25, 0.3) is 0 Å². The van der Waals surface area contributed by atoms with Gasteiger partial charge >= 0.3 is 0 Å². The lowest BCUT2D eigenvalue weighted by Crippen LogP contribution is -1.94. The number of carbonyl (C=O) groups is 1. The van der Waals surface area contributed by atoms with E-state index in [9.17, 15) is 14.9 Å². The number of hydrogen-bond donors (Lipinski definition) is 0. The number of hydrogen-bond acceptors (Lipinski definition) is 3. The molecule has 0 unspecified atom stereocenters. The molecule has 15 heavy (non-hydrogen) atoms. The summed E-state index contributed by atoms with van der Waals surface area (Å²) in [5, 5.41) is 11.0. The van der Waals surface area contributed by atoms with Crippen LogP contribution in [-0.2, 0) is 0 Å². The molecule has 0 aliphatic rings. The molecule has 0 amide bonds. The number of nitro benzene ring substituents is 1.